The van der Waals surface area contributed by atoms with E-state index in [1.165, 1.54) is 38.8 Å². The molecular formula is C10H23N. The molecule has 1 saturated heterocycles. The highest BCUT2D eigenvalue weighted by molar-refractivity contribution is 4.85. The third-order valence-corrected chi connectivity index (χ3v) is 2.86. The predicted molar refractivity (Wildman–Crippen MR) is 51.8 cm³/mol. The van der Waals surface area contributed by atoms with Crippen molar-refractivity contribution in [3.8, 4) is 0 Å². The first-order chi connectivity index (χ1) is 4.83. The van der Waals surface area contributed by atoms with Gasteiger partial charge in [-0.15, -0.1) is 0 Å². The quantitative estimate of drug-likeness (QED) is 0.664. The first kappa shape index (κ1) is 11.0. The van der Waals surface area contributed by atoms with Crippen LogP contribution in [0.15, 0.2) is 0 Å². The van der Waals surface area contributed by atoms with Gasteiger partial charge in [-0.1, -0.05) is 27.7 Å². The Morgan fingerprint density at radius 3 is 2.45 bits per heavy atom. The Balaban J connectivity index is 0.000001000. The SMILES string of the molecule is C.CCCC1(CC)CCNC1. The van der Waals surface area contributed by atoms with Crippen molar-refractivity contribution in [3.05, 3.63) is 0 Å². The van der Waals surface area contributed by atoms with E-state index in [1.807, 2.05) is 0 Å². The van der Waals surface area contributed by atoms with E-state index in [-0.39, 0.29) is 7.43 Å². The van der Waals surface area contributed by atoms with Crippen molar-refractivity contribution in [2.75, 3.05) is 13.1 Å². The van der Waals surface area contributed by atoms with Crippen LogP contribution in [0.3, 0.4) is 0 Å². The lowest BCUT2D eigenvalue weighted by atomic mass is 9.80. The van der Waals surface area contributed by atoms with Crippen molar-refractivity contribution >= 4 is 0 Å². The van der Waals surface area contributed by atoms with Crippen molar-refractivity contribution < 1.29 is 0 Å². The molecule has 1 heterocycles. The van der Waals surface area contributed by atoms with Crippen LogP contribution < -0.4 is 5.32 Å². The normalized spacial score (nSPS) is 30.0. The minimum atomic E-state index is 0. The van der Waals surface area contributed by atoms with E-state index in [4.69, 9.17) is 0 Å². The number of hydrogen-bond donors (Lipinski definition) is 1. The van der Waals surface area contributed by atoms with Crippen LogP contribution in [0.4, 0.5) is 0 Å². The van der Waals surface area contributed by atoms with Crippen LogP contribution in [0.2, 0.25) is 0 Å². The number of nitrogens with one attached hydrogen (secondary N) is 1. The highest BCUT2D eigenvalue weighted by Gasteiger charge is 2.30. The molecule has 1 nitrogen and oxygen atoms in total. The van der Waals surface area contributed by atoms with Gasteiger partial charge in [-0.05, 0) is 31.2 Å². The fraction of sp³-hybridized carbons (Fsp3) is 1.00. The molecule has 1 fully saturated rings. The second kappa shape index (κ2) is 4.76. The Bertz CT molecular complexity index is 93.0. The number of hydrogen-bond acceptors (Lipinski definition) is 1. The Morgan fingerprint density at radius 2 is 2.09 bits per heavy atom. The van der Waals surface area contributed by atoms with Crippen LogP contribution in [-0.2, 0) is 0 Å². The van der Waals surface area contributed by atoms with Gasteiger partial charge in [0.15, 0.2) is 0 Å². The molecule has 1 aliphatic rings. The summed E-state index contributed by atoms with van der Waals surface area (Å²) in [5.41, 5.74) is 0.675. The zero-order chi connectivity index (χ0) is 7.45. The molecule has 1 atom stereocenters. The highest BCUT2D eigenvalue weighted by Crippen LogP contribution is 2.33. The van der Waals surface area contributed by atoms with Gasteiger partial charge < -0.3 is 5.32 Å². The van der Waals surface area contributed by atoms with Crippen molar-refractivity contribution in [1.82, 2.24) is 5.32 Å². The van der Waals surface area contributed by atoms with E-state index in [0.717, 1.165) is 0 Å². The van der Waals surface area contributed by atoms with Gasteiger partial charge in [0, 0.05) is 6.54 Å². The fourth-order valence-corrected chi connectivity index (χ4v) is 2.02. The molecule has 0 aromatic rings. The molecular weight excluding hydrogens is 134 g/mol. The van der Waals surface area contributed by atoms with Gasteiger partial charge in [0.05, 0.1) is 0 Å². The summed E-state index contributed by atoms with van der Waals surface area (Å²) < 4.78 is 0. The molecule has 1 heteroatoms. The van der Waals surface area contributed by atoms with E-state index in [0.29, 0.717) is 5.41 Å². The van der Waals surface area contributed by atoms with Gasteiger partial charge in [0.2, 0.25) is 0 Å². The smallest absolute Gasteiger partial charge is 0.000818 e. The first-order valence-electron chi connectivity index (χ1n) is 4.54. The largest absolute Gasteiger partial charge is 0.316 e. The first-order valence-corrected chi connectivity index (χ1v) is 4.54. The lowest BCUT2D eigenvalue weighted by molar-refractivity contribution is 0.281. The van der Waals surface area contributed by atoms with Gasteiger partial charge in [-0.3, -0.25) is 0 Å². The molecule has 1 aliphatic heterocycles. The third kappa shape index (κ3) is 2.48. The fourth-order valence-electron chi connectivity index (χ4n) is 2.02. The molecule has 1 N–H and O–H groups in total. The molecule has 0 aliphatic carbocycles. The molecule has 68 valence electrons. The zero-order valence-corrected chi connectivity index (χ0v) is 7.24. The van der Waals surface area contributed by atoms with Crippen molar-refractivity contribution in [2.24, 2.45) is 5.41 Å². The van der Waals surface area contributed by atoms with Crippen LogP contribution in [0.5, 0.6) is 0 Å². The van der Waals surface area contributed by atoms with Crippen molar-refractivity contribution in [2.45, 2.75) is 47.0 Å². The molecule has 0 aromatic heterocycles. The summed E-state index contributed by atoms with van der Waals surface area (Å²) in [5, 5.41) is 3.45. The standard InChI is InChI=1S/C9H19N.CH4/c1-3-5-9(4-2)6-7-10-8-9;/h10H,3-8H2,1-2H3;1H4. The van der Waals surface area contributed by atoms with E-state index < -0.39 is 0 Å². The van der Waals surface area contributed by atoms with Crippen LogP contribution >= 0.6 is 0 Å². The number of rotatable bonds is 3. The molecule has 0 bridgehead atoms. The van der Waals surface area contributed by atoms with Gasteiger partial charge >= 0.3 is 0 Å². The minimum Gasteiger partial charge on any atom is -0.316 e. The summed E-state index contributed by atoms with van der Waals surface area (Å²) in [4.78, 5) is 0. The Hall–Kier alpha value is -0.0400. The maximum atomic E-state index is 3.45. The predicted octanol–water partition coefficient (Wildman–Crippen LogP) is 2.81. The Morgan fingerprint density at radius 1 is 1.36 bits per heavy atom. The summed E-state index contributed by atoms with van der Waals surface area (Å²) >= 11 is 0. The van der Waals surface area contributed by atoms with Crippen LogP contribution in [-0.4, -0.2) is 13.1 Å². The van der Waals surface area contributed by atoms with Crippen LogP contribution in [0.25, 0.3) is 0 Å². The summed E-state index contributed by atoms with van der Waals surface area (Å²) in [7, 11) is 0. The van der Waals surface area contributed by atoms with E-state index in [2.05, 4.69) is 19.2 Å². The van der Waals surface area contributed by atoms with Gasteiger partial charge in [-0.25, -0.2) is 0 Å². The molecule has 1 unspecified atom stereocenters. The summed E-state index contributed by atoms with van der Waals surface area (Å²) in [6.45, 7) is 7.11. The molecule has 11 heavy (non-hydrogen) atoms. The van der Waals surface area contributed by atoms with E-state index in [9.17, 15) is 0 Å². The molecule has 0 radical (unpaired) electrons. The van der Waals surface area contributed by atoms with Crippen LogP contribution in [0.1, 0.15) is 47.0 Å². The van der Waals surface area contributed by atoms with Gasteiger partial charge in [0.25, 0.3) is 0 Å². The Labute approximate surface area is 71.6 Å². The van der Waals surface area contributed by atoms with Gasteiger partial charge in [0.1, 0.15) is 0 Å². The molecule has 1 rings (SSSR count). The zero-order valence-electron chi connectivity index (χ0n) is 7.24. The lowest BCUT2D eigenvalue weighted by Crippen LogP contribution is -2.22. The van der Waals surface area contributed by atoms with Crippen molar-refractivity contribution in [1.29, 1.82) is 0 Å². The maximum Gasteiger partial charge on any atom is 0.000818 e. The van der Waals surface area contributed by atoms with E-state index in [1.54, 1.807) is 0 Å². The molecule has 0 aromatic carbocycles. The van der Waals surface area contributed by atoms with Gasteiger partial charge in [-0.2, -0.15) is 0 Å². The summed E-state index contributed by atoms with van der Waals surface area (Å²) in [6.07, 6.45) is 5.51. The highest BCUT2D eigenvalue weighted by atomic mass is 14.9. The Kier molecular flexibility index (Phi) is 4.74. The minimum absolute atomic E-state index is 0. The molecule has 0 spiro atoms. The summed E-state index contributed by atoms with van der Waals surface area (Å²) in [5.74, 6) is 0. The van der Waals surface area contributed by atoms with Crippen LogP contribution in [0, 0.1) is 5.41 Å². The molecule has 0 amide bonds. The average Bonchev–Trinajstić information content (AvgIpc) is 2.39. The monoisotopic (exact) mass is 157 g/mol. The third-order valence-electron chi connectivity index (χ3n) is 2.86. The second-order valence-electron chi connectivity index (χ2n) is 3.53. The van der Waals surface area contributed by atoms with E-state index >= 15 is 0 Å². The van der Waals surface area contributed by atoms with Crippen molar-refractivity contribution in [3.63, 3.8) is 0 Å². The molecule has 0 saturated carbocycles. The lowest BCUT2D eigenvalue weighted by Gasteiger charge is -2.25. The second-order valence-corrected chi connectivity index (χ2v) is 3.53. The topological polar surface area (TPSA) is 12.0 Å². The summed E-state index contributed by atoms with van der Waals surface area (Å²) in [6, 6.07) is 0. The maximum absolute atomic E-state index is 3.45. The average molecular weight is 157 g/mol.